The molecule has 0 bridgehead atoms. The van der Waals surface area contributed by atoms with Crippen LogP contribution in [0.15, 0.2) is 47.4 Å². The van der Waals surface area contributed by atoms with E-state index in [0.717, 1.165) is 5.56 Å². The van der Waals surface area contributed by atoms with E-state index in [1.807, 2.05) is 32.9 Å². The number of carbonyl (C=O) groups excluding carboxylic acids is 1. The van der Waals surface area contributed by atoms with Crippen LogP contribution in [0.3, 0.4) is 0 Å². The van der Waals surface area contributed by atoms with Crippen LogP contribution in [0.25, 0.3) is 0 Å². The molecule has 0 saturated carbocycles. The molecule has 0 aromatic heterocycles. The molecular weight excluding hydrogens is 371 g/mol. The molecular formula is C19H23FN2O4S. The Morgan fingerprint density at radius 3 is 2.26 bits per heavy atom. The zero-order chi connectivity index (χ0) is 20.4. The van der Waals surface area contributed by atoms with Gasteiger partial charge in [0.2, 0.25) is 0 Å². The summed E-state index contributed by atoms with van der Waals surface area (Å²) in [6, 6.07) is 10.7. The summed E-state index contributed by atoms with van der Waals surface area (Å²) in [5.74, 6) is -0.925. The van der Waals surface area contributed by atoms with E-state index in [-0.39, 0.29) is 23.3 Å². The van der Waals surface area contributed by atoms with E-state index in [4.69, 9.17) is 11.5 Å². The van der Waals surface area contributed by atoms with Gasteiger partial charge in [0.05, 0.1) is 0 Å². The molecule has 0 fully saturated rings. The minimum absolute atomic E-state index is 0.0597. The molecule has 4 N–H and O–H groups in total. The van der Waals surface area contributed by atoms with Crippen molar-refractivity contribution >= 4 is 21.9 Å². The highest BCUT2D eigenvalue weighted by Gasteiger charge is 2.31. The predicted molar refractivity (Wildman–Crippen MR) is 101 cm³/mol. The smallest absolute Gasteiger partial charge is 0.399 e. The number of hydrogen-bond acceptors (Lipinski definition) is 5. The Labute approximate surface area is 158 Å². The Hall–Kier alpha value is -2.61. The van der Waals surface area contributed by atoms with Gasteiger partial charge in [0, 0.05) is 11.3 Å². The minimum Gasteiger partial charge on any atom is -0.399 e. The normalized spacial score (nSPS) is 13.2. The van der Waals surface area contributed by atoms with Gasteiger partial charge in [0.25, 0.3) is 0 Å². The molecule has 0 aliphatic heterocycles. The molecule has 0 spiro atoms. The highest BCUT2D eigenvalue weighted by molar-refractivity contribution is 7.87. The Kier molecular flexibility index (Phi) is 5.79. The third-order valence-corrected chi connectivity index (χ3v) is 5.63. The first-order valence-electron chi connectivity index (χ1n) is 8.28. The van der Waals surface area contributed by atoms with Gasteiger partial charge in [0.1, 0.15) is 10.7 Å². The number of rotatable bonds is 5. The van der Waals surface area contributed by atoms with Crippen LogP contribution in [0.4, 0.5) is 14.9 Å². The predicted octanol–water partition coefficient (Wildman–Crippen LogP) is 3.56. The van der Waals surface area contributed by atoms with E-state index in [1.165, 1.54) is 18.2 Å². The summed E-state index contributed by atoms with van der Waals surface area (Å²) in [5, 5.41) is 0. The van der Waals surface area contributed by atoms with Crippen molar-refractivity contribution in [3.05, 3.63) is 59.4 Å². The molecule has 0 radical (unpaired) electrons. The molecule has 2 aromatic rings. The lowest BCUT2D eigenvalue weighted by atomic mass is 9.73. The summed E-state index contributed by atoms with van der Waals surface area (Å²) in [6.45, 7) is 5.93. The number of nitrogen functional groups attached to an aromatic ring is 1. The molecule has 27 heavy (non-hydrogen) atoms. The topological polar surface area (TPSA) is 112 Å². The Balaban J connectivity index is 2.56. The lowest BCUT2D eigenvalue weighted by Gasteiger charge is -2.32. The molecule has 1 atom stereocenters. The average Bonchev–Trinajstić information content (AvgIpc) is 2.52. The van der Waals surface area contributed by atoms with Crippen molar-refractivity contribution in [2.45, 2.75) is 38.0 Å². The number of benzene rings is 2. The first-order chi connectivity index (χ1) is 12.4. The lowest BCUT2D eigenvalue weighted by Crippen LogP contribution is -2.24. The van der Waals surface area contributed by atoms with Crippen LogP contribution in [0.1, 0.15) is 37.8 Å². The van der Waals surface area contributed by atoms with Crippen LogP contribution in [-0.4, -0.2) is 14.5 Å². The monoisotopic (exact) mass is 394 g/mol. The van der Waals surface area contributed by atoms with E-state index in [1.54, 1.807) is 12.1 Å². The molecule has 0 aliphatic carbocycles. The van der Waals surface area contributed by atoms with Gasteiger partial charge in [-0.3, -0.25) is 0 Å². The maximum atomic E-state index is 14.6. The summed E-state index contributed by atoms with van der Waals surface area (Å²) >= 11 is 0. The highest BCUT2D eigenvalue weighted by Crippen LogP contribution is 2.39. The molecule has 0 saturated heterocycles. The molecule has 8 heteroatoms. The highest BCUT2D eigenvalue weighted by atomic mass is 32.2. The van der Waals surface area contributed by atoms with Crippen LogP contribution < -0.4 is 11.5 Å². The molecule has 0 aliphatic rings. The van der Waals surface area contributed by atoms with Gasteiger partial charge in [0.15, 0.2) is 0 Å². The van der Waals surface area contributed by atoms with E-state index in [0.29, 0.717) is 5.69 Å². The Morgan fingerprint density at radius 2 is 1.74 bits per heavy atom. The fraction of sp³-hybridized carbons (Fsp3) is 0.316. The second-order valence-corrected chi connectivity index (χ2v) is 8.88. The van der Waals surface area contributed by atoms with Gasteiger partial charge in [-0.1, -0.05) is 39.0 Å². The summed E-state index contributed by atoms with van der Waals surface area (Å²) in [7, 11) is -4.53. The van der Waals surface area contributed by atoms with Gasteiger partial charge in [-0.25, -0.2) is 9.18 Å². The molecule has 0 heterocycles. The zero-order valence-electron chi connectivity index (χ0n) is 15.4. The van der Waals surface area contributed by atoms with Crippen molar-refractivity contribution < 1.29 is 21.8 Å². The van der Waals surface area contributed by atoms with Crippen molar-refractivity contribution in [2.75, 3.05) is 5.73 Å². The van der Waals surface area contributed by atoms with Gasteiger partial charge in [-0.15, -0.1) is 0 Å². The quantitative estimate of drug-likeness (QED) is 0.595. The summed E-state index contributed by atoms with van der Waals surface area (Å²) in [4.78, 5) is 10.5. The number of nitrogens with two attached hydrogens (primary N) is 2. The van der Waals surface area contributed by atoms with Crippen LogP contribution in [0.2, 0.25) is 0 Å². The first-order valence-corrected chi connectivity index (χ1v) is 9.69. The summed E-state index contributed by atoms with van der Waals surface area (Å²) in [6.07, 6.45) is -1.40. The molecule has 6 nitrogen and oxygen atoms in total. The molecule has 1 amide bonds. The maximum absolute atomic E-state index is 14.6. The summed E-state index contributed by atoms with van der Waals surface area (Å²) in [5.41, 5.74) is 11.7. The molecule has 2 rings (SSSR count). The SMILES string of the molecule is CC(C)(C)C(Cc1c(F)cccc1S(=O)(=O)OC(N)=O)c1ccc(N)cc1. The molecule has 2 aromatic carbocycles. The van der Waals surface area contributed by atoms with E-state index in [2.05, 4.69) is 4.18 Å². The minimum atomic E-state index is -4.53. The van der Waals surface area contributed by atoms with E-state index >= 15 is 0 Å². The first kappa shape index (κ1) is 20.7. The third-order valence-electron chi connectivity index (χ3n) is 4.33. The standard InChI is InChI=1S/C19H23FN2O4S/c1-19(2,3)15(12-7-9-13(21)10-8-12)11-14-16(20)5-4-6-17(14)27(24,25)26-18(22)23/h4-10,15H,11,21H2,1-3H3,(H2,22,23). The van der Waals surface area contributed by atoms with Crippen molar-refractivity contribution in [1.29, 1.82) is 0 Å². The van der Waals surface area contributed by atoms with Crippen molar-refractivity contribution in [3.8, 4) is 0 Å². The Bertz CT molecular complexity index is 935. The molecule has 146 valence electrons. The van der Waals surface area contributed by atoms with Crippen LogP contribution in [-0.2, 0) is 20.7 Å². The number of anilines is 1. The zero-order valence-corrected chi connectivity index (χ0v) is 16.2. The van der Waals surface area contributed by atoms with Crippen molar-refractivity contribution in [3.63, 3.8) is 0 Å². The number of halogens is 1. The fourth-order valence-electron chi connectivity index (χ4n) is 2.98. The van der Waals surface area contributed by atoms with Gasteiger partial charge >= 0.3 is 16.2 Å². The number of carbonyl (C=O) groups is 1. The molecule has 1 unspecified atom stereocenters. The number of primary amides is 1. The third kappa shape index (κ3) is 4.97. The van der Waals surface area contributed by atoms with Gasteiger partial charge in [-0.2, -0.15) is 8.42 Å². The van der Waals surface area contributed by atoms with Gasteiger partial charge < -0.3 is 15.7 Å². The second-order valence-electron chi connectivity index (χ2n) is 7.36. The van der Waals surface area contributed by atoms with Gasteiger partial charge in [-0.05, 0) is 47.6 Å². The average molecular weight is 394 g/mol. The summed E-state index contributed by atoms with van der Waals surface area (Å²) < 4.78 is 43.5. The van der Waals surface area contributed by atoms with Crippen LogP contribution in [0.5, 0.6) is 0 Å². The van der Waals surface area contributed by atoms with Crippen LogP contribution in [0, 0.1) is 11.2 Å². The van der Waals surface area contributed by atoms with Crippen LogP contribution >= 0.6 is 0 Å². The largest absolute Gasteiger partial charge is 0.420 e. The Morgan fingerprint density at radius 1 is 1.15 bits per heavy atom. The fourth-order valence-corrected chi connectivity index (χ4v) is 4.01. The number of hydrogen-bond donors (Lipinski definition) is 2. The van der Waals surface area contributed by atoms with E-state index < -0.39 is 26.9 Å². The van der Waals surface area contributed by atoms with Crippen molar-refractivity contribution in [2.24, 2.45) is 11.1 Å². The lowest BCUT2D eigenvalue weighted by molar-refractivity contribution is 0.212. The second kappa shape index (κ2) is 7.56. The van der Waals surface area contributed by atoms with E-state index in [9.17, 15) is 17.6 Å². The number of amides is 1. The van der Waals surface area contributed by atoms with Crippen molar-refractivity contribution in [1.82, 2.24) is 0 Å². The maximum Gasteiger partial charge on any atom is 0.420 e.